The first-order valence-corrected chi connectivity index (χ1v) is 6.98. The lowest BCUT2D eigenvalue weighted by atomic mass is 9.89. The minimum atomic E-state index is -0.0136. The number of fused-ring (bicyclic) bond motifs is 1. The SMILES string of the molecule is CC(C)(CCO)CNc1cc2c(cc1N)CCC(=O)N2. The molecule has 0 aliphatic carbocycles. The lowest BCUT2D eigenvalue weighted by Gasteiger charge is -2.26. The topological polar surface area (TPSA) is 87.4 Å². The molecule has 0 aromatic heterocycles. The zero-order valence-electron chi connectivity index (χ0n) is 12.1. The molecule has 1 aromatic carbocycles. The Morgan fingerprint density at radius 1 is 1.40 bits per heavy atom. The standard InChI is InChI=1S/C15H23N3O2/c1-15(2,5-6-19)9-17-13-8-12-10(7-11(13)16)3-4-14(20)18-12/h7-8,17,19H,3-6,9,16H2,1-2H3,(H,18,20). The summed E-state index contributed by atoms with van der Waals surface area (Å²) in [6.07, 6.45) is 1.98. The van der Waals surface area contributed by atoms with E-state index in [1.807, 2.05) is 12.1 Å². The third-order valence-corrected chi connectivity index (χ3v) is 3.72. The zero-order valence-corrected chi connectivity index (χ0v) is 12.1. The highest BCUT2D eigenvalue weighted by Gasteiger charge is 2.19. The lowest BCUT2D eigenvalue weighted by Crippen LogP contribution is -2.25. The molecule has 0 saturated heterocycles. The third kappa shape index (κ3) is 3.42. The highest BCUT2D eigenvalue weighted by molar-refractivity contribution is 5.95. The summed E-state index contributed by atoms with van der Waals surface area (Å²) in [4.78, 5) is 11.4. The number of rotatable bonds is 5. The molecule has 0 spiro atoms. The van der Waals surface area contributed by atoms with Gasteiger partial charge in [-0.25, -0.2) is 0 Å². The lowest BCUT2D eigenvalue weighted by molar-refractivity contribution is -0.116. The molecule has 5 heteroatoms. The fourth-order valence-corrected chi connectivity index (χ4v) is 2.33. The highest BCUT2D eigenvalue weighted by atomic mass is 16.3. The number of aryl methyl sites for hydroxylation is 1. The van der Waals surface area contributed by atoms with E-state index < -0.39 is 0 Å². The maximum Gasteiger partial charge on any atom is 0.224 e. The van der Waals surface area contributed by atoms with Crippen LogP contribution in [0, 0.1) is 5.41 Å². The van der Waals surface area contributed by atoms with Crippen molar-refractivity contribution in [3.05, 3.63) is 17.7 Å². The van der Waals surface area contributed by atoms with Gasteiger partial charge in [0.05, 0.1) is 11.4 Å². The smallest absolute Gasteiger partial charge is 0.224 e. The van der Waals surface area contributed by atoms with Crippen LogP contribution in [0.15, 0.2) is 12.1 Å². The van der Waals surface area contributed by atoms with Gasteiger partial charge >= 0.3 is 0 Å². The van der Waals surface area contributed by atoms with Gasteiger partial charge in [-0.05, 0) is 36.0 Å². The average Bonchev–Trinajstić information content (AvgIpc) is 2.37. The Bertz CT molecular complexity index is 512. The minimum absolute atomic E-state index is 0.0136. The van der Waals surface area contributed by atoms with Gasteiger partial charge in [-0.1, -0.05) is 13.8 Å². The number of aliphatic hydroxyl groups is 1. The molecule has 1 aromatic rings. The van der Waals surface area contributed by atoms with Crippen LogP contribution in [0.3, 0.4) is 0 Å². The second-order valence-corrected chi connectivity index (χ2v) is 6.14. The van der Waals surface area contributed by atoms with Gasteiger partial charge in [0, 0.05) is 25.3 Å². The van der Waals surface area contributed by atoms with Crippen LogP contribution in [0.5, 0.6) is 0 Å². The Morgan fingerprint density at radius 3 is 2.85 bits per heavy atom. The van der Waals surface area contributed by atoms with Crippen molar-refractivity contribution in [3.8, 4) is 0 Å². The molecule has 0 saturated carbocycles. The van der Waals surface area contributed by atoms with Crippen molar-refractivity contribution >= 4 is 23.0 Å². The van der Waals surface area contributed by atoms with Crippen molar-refractivity contribution in [2.24, 2.45) is 5.41 Å². The Hall–Kier alpha value is -1.75. The van der Waals surface area contributed by atoms with Gasteiger partial charge in [-0.2, -0.15) is 0 Å². The van der Waals surface area contributed by atoms with Crippen LogP contribution in [0.2, 0.25) is 0 Å². The van der Waals surface area contributed by atoms with Crippen LogP contribution in [-0.4, -0.2) is 24.2 Å². The van der Waals surface area contributed by atoms with E-state index in [4.69, 9.17) is 10.8 Å². The number of anilines is 3. The summed E-state index contributed by atoms with van der Waals surface area (Å²) in [6, 6.07) is 3.83. The van der Waals surface area contributed by atoms with Crippen LogP contribution in [0.4, 0.5) is 17.1 Å². The maximum absolute atomic E-state index is 11.4. The fraction of sp³-hybridized carbons (Fsp3) is 0.533. The molecule has 0 fully saturated rings. The van der Waals surface area contributed by atoms with Crippen molar-refractivity contribution in [3.63, 3.8) is 0 Å². The van der Waals surface area contributed by atoms with E-state index in [1.165, 1.54) is 0 Å². The number of amides is 1. The predicted octanol–water partition coefficient (Wildman–Crippen LogP) is 1.97. The van der Waals surface area contributed by atoms with Gasteiger partial charge in [0.25, 0.3) is 0 Å². The van der Waals surface area contributed by atoms with Gasteiger partial charge in [-0.3, -0.25) is 4.79 Å². The first-order valence-electron chi connectivity index (χ1n) is 6.98. The maximum atomic E-state index is 11.4. The molecule has 1 aliphatic heterocycles. The molecule has 1 heterocycles. The van der Waals surface area contributed by atoms with Crippen molar-refractivity contribution in [1.29, 1.82) is 0 Å². The van der Waals surface area contributed by atoms with Crippen molar-refractivity contribution in [1.82, 2.24) is 0 Å². The van der Waals surface area contributed by atoms with E-state index in [0.29, 0.717) is 18.7 Å². The van der Waals surface area contributed by atoms with Crippen LogP contribution in [0.25, 0.3) is 0 Å². The normalized spacial score (nSPS) is 14.7. The number of aliphatic hydroxyl groups excluding tert-OH is 1. The predicted molar refractivity (Wildman–Crippen MR) is 81.8 cm³/mol. The van der Waals surface area contributed by atoms with Crippen LogP contribution < -0.4 is 16.4 Å². The summed E-state index contributed by atoms with van der Waals surface area (Å²) in [7, 11) is 0. The molecule has 1 amide bonds. The molecular weight excluding hydrogens is 254 g/mol. The fourth-order valence-electron chi connectivity index (χ4n) is 2.33. The van der Waals surface area contributed by atoms with Crippen molar-refractivity contribution < 1.29 is 9.90 Å². The molecule has 1 aliphatic rings. The Balaban J connectivity index is 2.12. The largest absolute Gasteiger partial charge is 0.397 e. The minimum Gasteiger partial charge on any atom is -0.397 e. The van der Waals surface area contributed by atoms with Crippen LogP contribution >= 0.6 is 0 Å². The number of hydrogen-bond acceptors (Lipinski definition) is 4. The molecule has 110 valence electrons. The van der Waals surface area contributed by atoms with Crippen LogP contribution in [0.1, 0.15) is 32.3 Å². The zero-order chi connectivity index (χ0) is 14.8. The van der Waals surface area contributed by atoms with Gasteiger partial charge in [-0.15, -0.1) is 0 Å². The van der Waals surface area contributed by atoms with Crippen molar-refractivity contribution in [2.45, 2.75) is 33.1 Å². The summed E-state index contributed by atoms with van der Waals surface area (Å²) >= 11 is 0. The third-order valence-electron chi connectivity index (χ3n) is 3.72. The molecule has 0 unspecified atom stereocenters. The molecule has 0 radical (unpaired) electrons. The molecule has 20 heavy (non-hydrogen) atoms. The molecular formula is C15H23N3O2. The van der Waals surface area contributed by atoms with E-state index in [9.17, 15) is 4.79 Å². The number of nitrogens with two attached hydrogens (primary N) is 1. The first-order chi connectivity index (χ1) is 9.41. The van der Waals surface area contributed by atoms with E-state index >= 15 is 0 Å². The van der Waals surface area contributed by atoms with E-state index in [1.54, 1.807) is 0 Å². The van der Waals surface area contributed by atoms with Gasteiger partial charge < -0.3 is 21.5 Å². The molecule has 0 bridgehead atoms. The van der Waals surface area contributed by atoms with E-state index in [2.05, 4.69) is 24.5 Å². The van der Waals surface area contributed by atoms with Crippen LogP contribution in [-0.2, 0) is 11.2 Å². The second-order valence-electron chi connectivity index (χ2n) is 6.14. The molecule has 2 rings (SSSR count). The average molecular weight is 277 g/mol. The summed E-state index contributed by atoms with van der Waals surface area (Å²) in [5, 5.41) is 15.2. The number of nitrogens with one attached hydrogen (secondary N) is 2. The summed E-state index contributed by atoms with van der Waals surface area (Å²) in [5.74, 6) is 0.0498. The number of hydrogen-bond donors (Lipinski definition) is 4. The van der Waals surface area contributed by atoms with Gasteiger partial charge in [0.2, 0.25) is 5.91 Å². The molecule has 5 nitrogen and oxygen atoms in total. The Labute approximate surface area is 119 Å². The number of carbonyl (C=O) groups is 1. The van der Waals surface area contributed by atoms with Gasteiger partial charge in [0.15, 0.2) is 0 Å². The van der Waals surface area contributed by atoms with Crippen molar-refractivity contribution in [2.75, 3.05) is 29.5 Å². The Morgan fingerprint density at radius 2 is 2.15 bits per heavy atom. The highest BCUT2D eigenvalue weighted by Crippen LogP contribution is 2.32. The van der Waals surface area contributed by atoms with E-state index in [0.717, 1.165) is 29.8 Å². The summed E-state index contributed by atoms with van der Waals surface area (Å²) in [5.41, 5.74) is 9.50. The monoisotopic (exact) mass is 277 g/mol. The summed E-state index contributed by atoms with van der Waals surface area (Å²) < 4.78 is 0. The second kappa shape index (κ2) is 5.71. The Kier molecular flexibility index (Phi) is 4.18. The number of carbonyl (C=O) groups excluding carboxylic acids is 1. The molecule has 5 N–H and O–H groups in total. The summed E-state index contributed by atoms with van der Waals surface area (Å²) in [6.45, 7) is 5.06. The van der Waals surface area contributed by atoms with E-state index in [-0.39, 0.29) is 17.9 Å². The first kappa shape index (κ1) is 14.7. The molecule has 0 atom stereocenters. The van der Waals surface area contributed by atoms with Gasteiger partial charge in [0.1, 0.15) is 0 Å². The number of nitrogen functional groups attached to an aromatic ring is 1. The quantitative estimate of drug-likeness (QED) is 0.620. The number of benzene rings is 1.